The van der Waals surface area contributed by atoms with E-state index in [4.69, 9.17) is 11.6 Å². The Morgan fingerprint density at radius 3 is 2.71 bits per heavy atom. The number of sulfonamides is 1. The molecule has 0 aliphatic carbocycles. The van der Waals surface area contributed by atoms with Gasteiger partial charge >= 0.3 is 0 Å². The van der Waals surface area contributed by atoms with E-state index in [0.29, 0.717) is 19.4 Å². The first-order chi connectivity index (χ1) is 7.94. The Balaban J connectivity index is 2.49. The number of benzene rings is 1. The number of nitrogens with one attached hydrogen (secondary N) is 1. The molecule has 17 heavy (non-hydrogen) atoms. The molecule has 1 aromatic carbocycles. The second-order valence-corrected chi connectivity index (χ2v) is 6.05. The summed E-state index contributed by atoms with van der Waals surface area (Å²) in [7, 11) is -3.18. The van der Waals surface area contributed by atoms with E-state index in [1.54, 1.807) is 13.0 Å². The van der Waals surface area contributed by atoms with Crippen LogP contribution >= 0.6 is 11.6 Å². The third-order valence-corrected chi connectivity index (χ3v) is 4.07. The smallest absolute Gasteiger partial charge is 0.211 e. The van der Waals surface area contributed by atoms with Gasteiger partial charge in [0.15, 0.2) is 0 Å². The Morgan fingerprint density at radius 1 is 1.41 bits per heavy atom. The number of halogens is 2. The van der Waals surface area contributed by atoms with Crippen molar-refractivity contribution in [2.45, 2.75) is 19.8 Å². The quantitative estimate of drug-likeness (QED) is 0.869. The first-order valence-corrected chi connectivity index (χ1v) is 7.39. The maximum absolute atomic E-state index is 12.9. The number of hydrogen-bond donors (Lipinski definition) is 1. The Labute approximate surface area is 106 Å². The summed E-state index contributed by atoms with van der Waals surface area (Å²) < 4.78 is 38.0. The van der Waals surface area contributed by atoms with Crippen molar-refractivity contribution in [2.24, 2.45) is 0 Å². The highest BCUT2D eigenvalue weighted by Gasteiger charge is 2.07. The van der Waals surface area contributed by atoms with Gasteiger partial charge in [-0.1, -0.05) is 24.6 Å². The van der Waals surface area contributed by atoms with Crippen LogP contribution in [-0.4, -0.2) is 20.7 Å². The Hall–Kier alpha value is -0.650. The van der Waals surface area contributed by atoms with E-state index in [9.17, 15) is 12.8 Å². The van der Waals surface area contributed by atoms with Crippen LogP contribution in [0.3, 0.4) is 0 Å². The third-order valence-electron chi connectivity index (χ3n) is 2.19. The second-order valence-electron chi connectivity index (χ2n) is 3.71. The summed E-state index contributed by atoms with van der Waals surface area (Å²) in [5.74, 6) is -0.348. The van der Waals surface area contributed by atoms with Gasteiger partial charge in [-0.05, 0) is 30.5 Å². The molecule has 0 radical (unpaired) electrons. The first kappa shape index (κ1) is 14.4. The lowest BCUT2D eigenvalue weighted by Gasteiger charge is -2.06. The molecule has 1 N–H and O–H groups in total. The topological polar surface area (TPSA) is 46.2 Å². The molecule has 0 atom stereocenters. The summed E-state index contributed by atoms with van der Waals surface area (Å²) in [6, 6.07) is 4.37. The summed E-state index contributed by atoms with van der Waals surface area (Å²) in [5.41, 5.74) is 0.801. The molecule has 96 valence electrons. The van der Waals surface area contributed by atoms with E-state index in [-0.39, 0.29) is 10.8 Å². The lowest BCUT2D eigenvalue weighted by atomic mass is 10.1. The van der Waals surface area contributed by atoms with Crippen LogP contribution < -0.4 is 4.72 Å². The molecule has 0 saturated carbocycles. The van der Waals surface area contributed by atoms with Crippen molar-refractivity contribution in [2.75, 3.05) is 12.3 Å². The predicted molar refractivity (Wildman–Crippen MR) is 67.2 cm³/mol. The highest BCUT2D eigenvalue weighted by Crippen LogP contribution is 2.16. The highest BCUT2D eigenvalue weighted by atomic mass is 35.5. The van der Waals surface area contributed by atoms with Crippen LogP contribution in [0.5, 0.6) is 0 Å². The molecule has 0 aliphatic heterocycles. The largest absolute Gasteiger partial charge is 0.215 e. The molecule has 3 nitrogen and oxygen atoms in total. The zero-order valence-electron chi connectivity index (χ0n) is 9.54. The molecule has 0 spiro atoms. The van der Waals surface area contributed by atoms with Crippen LogP contribution in [0, 0.1) is 5.82 Å². The fourth-order valence-electron chi connectivity index (χ4n) is 1.39. The molecule has 0 heterocycles. The fourth-order valence-corrected chi connectivity index (χ4v) is 2.68. The predicted octanol–water partition coefficient (Wildman–Crippen LogP) is 2.35. The van der Waals surface area contributed by atoms with E-state index in [2.05, 4.69) is 4.72 Å². The van der Waals surface area contributed by atoms with Crippen molar-refractivity contribution in [3.63, 3.8) is 0 Å². The lowest BCUT2D eigenvalue weighted by molar-refractivity contribution is 0.580. The molecule has 0 fully saturated rings. The molecule has 1 rings (SSSR count). The van der Waals surface area contributed by atoms with Crippen molar-refractivity contribution < 1.29 is 12.8 Å². The van der Waals surface area contributed by atoms with E-state index >= 15 is 0 Å². The third kappa shape index (κ3) is 5.02. The van der Waals surface area contributed by atoms with Crippen LogP contribution in [0.2, 0.25) is 5.02 Å². The van der Waals surface area contributed by atoms with E-state index in [1.165, 1.54) is 12.1 Å². The Morgan fingerprint density at radius 2 is 2.12 bits per heavy atom. The van der Waals surface area contributed by atoms with E-state index in [0.717, 1.165) is 5.56 Å². The highest BCUT2D eigenvalue weighted by molar-refractivity contribution is 7.89. The summed E-state index contributed by atoms with van der Waals surface area (Å²) in [5, 5.41) is 0.0546. The minimum absolute atomic E-state index is 0.0546. The van der Waals surface area contributed by atoms with Crippen molar-refractivity contribution in [3.8, 4) is 0 Å². The van der Waals surface area contributed by atoms with Crippen LogP contribution in [0.25, 0.3) is 0 Å². The molecule has 0 saturated heterocycles. The zero-order valence-corrected chi connectivity index (χ0v) is 11.1. The number of rotatable bonds is 6. The standard InChI is InChI=1S/C11H15ClFNO2S/c1-2-7-17(15,16)14-6-5-9-3-4-11(13)10(12)8-9/h3-4,8,14H,2,5-7H2,1H3. The summed E-state index contributed by atoms with van der Waals surface area (Å²) >= 11 is 5.62. The molecule has 0 aromatic heterocycles. The number of hydrogen-bond acceptors (Lipinski definition) is 2. The van der Waals surface area contributed by atoms with Crippen molar-refractivity contribution >= 4 is 21.6 Å². The average Bonchev–Trinajstić information content (AvgIpc) is 2.23. The molecular formula is C11H15ClFNO2S. The van der Waals surface area contributed by atoms with Crippen LogP contribution in [0.15, 0.2) is 18.2 Å². The van der Waals surface area contributed by atoms with Crippen molar-refractivity contribution in [1.82, 2.24) is 4.72 Å². The Kier molecular flexibility index (Phi) is 5.36. The molecule has 0 aliphatic rings. The summed E-state index contributed by atoms with van der Waals surface area (Å²) in [6.07, 6.45) is 1.07. The Bertz CT molecular complexity index is 476. The average molecular weight is 280 g/mol. The van der Waals surface area contributed by atoms with Gasteiger partial charge in [0.1, 0.15) is 5.82 Å². The van der Waals surface area contributed by atoms with Gasteiger partial charge in [0.25, 0.3) is 0 Å². The minimum Gasteiger partial charge on any atom is -0.215 e. The first-order valence-electron chi connectivity index (χ1n) is 5.36. The van der Waals surface area contributed by atoms with E-state index < -0.39 is 15.8 Å². The maximum atomic E-state index is 12.9. The van der Waals surface area contributed by atoms with Crippen LogP contribution in [0.4, 0.5) is 4.39 Å². The SMILES string of the molecule is CCCS(=O)(=O)NCCc1ccc(F)c(Cl)c1. The molecule has 6 heteroatoms. The molecule has 0 amide bonds. The van der Waals surface area contributed by atoms with Gasteiger partial charge in [-0.25, -0.2) is 17.5 Å². The van der Waals surface area contributed by atoms with Crippen molar-refractivity contribution in [3.05, 3.63) is 34.6 Å². The summed E-state index contributed by atoms with van der Waals surface area (Å²) in [6.45, 7) is 2.10. The fraction of sp³-hybridized carbons (Fsp3) is 0.455. The van der Waals surface area contributed by atoms with Crippen LogP contribution in [0.1, 0.15) is 18.9 Å². The molecule has 0 unspecified atom stereocenters. The van der Waals surface area contributed by atoms with Crippen LogP contribution in [-0.2, 0) is 16.4 Å². The molecule has 1 aromatic rings. The normalized spacial score (nSPS) is 11.7. The minimum atomic E-state index is -3.18. The van der Waals surface area contributed by atoms with E-state index in [1.807, 2.05) is 0 Å². The van der Waals surface area contributed by atoms with Gasteiger partial charge < -0.3 is 0 Å². The zero-order chi connectivity index (χ0) is 12.9. The second kappa shape index (κ2) is 6.33. The van der Waals surface area contributed by atoms with Crippen molar-refractivity contribution in [1.29, 1.82) is 0 Å². The summed E-state index contributed by atoms with van der Waals surface area (Å²) in [4.78, 5) is 0. The maximum Gasteiger partial charge on any atom is 0.211 e. The van der Waals surface area contributed by atoms with Gasteiger partial charge in [0.05, 0.1) is 10.8 Å². The van der Waals surface area contributed by atoms with Gasteiger partial charge in [-0.3, -0.25) is 0 Å². The monoisotopic (exact) mass is 279 g/mol. The van der Waals surface area contributed by atoms with Gasteiger partial charge in [0.2, 0.25) is 10.0 Å². The lowest BCUT2D eigenvalue weighted by Crippen LogP contribution is -2.28. The molecular weight excluding hydrogens is 265 g/mol. The van der Waals surface area contributed by atoms with Gasteiger partial charge in [-0.15, -0.1) is 0 Å². The van der Waals surface area contributed by atoms with Gasteiger partial charge in [-0.2, -0.15) is 0 Å². The molecule has 0 bridgehead atoms. The van der Waals surface area contributed by atoms with Gasteiger partial charge in [0, 0.05) is 6.54 Å².